The van der Waals surface area contributed by atoms with E-state index in [1.54, 1.807) is 29.9 Å². The van der Waals surface area contributed by atoms with E-state index in [4.69, 9.17) is 0 Å². The molecule has 0 aliphatic carbocycles. The maximum absolute atomic E-state index is 4.35. The topological polar surface area (TPSA) is 28.7 Å². The summed E-state index contributed by atoms with van der Waals surface area (Å²) in [5.41, 5.74) is 2.49. The summed E-state index contributed by atoms with van der Waals surface area (Å²) in [6.07, 6.45) is 3.86. The second-order valence-corrected chi connectivity index (χ2v) is 5.46. The van der Waals surface area contributed by atoms with Crippen LogP contribution >= 0.6 is 23.5 Å². The number of rotatable bonds is 4. The highest BCUT2D eigenvalue weighted by Gasteiger charge is 2.06. The molecule has 0 saturated carbocycles. The maximum Gasteiger partial charge on any atom is 0.123 e. The van der Waals surface area contributed by atoms with E-state index in [1.165, 1.54) is 16.2 Å². The van der Waals surface area contributed by atoms with Crippen LogP contribution in [-0.4, -0.2) is 16.2 Å². The minimum absolute atomic E-state index is 0.980. The summed E-state index contributed by atoms with van der Waals surface area (Å²) in [5.74, 6) is 0.980. The molecule has 0 saturated heterocycles. The minimum atomic E-state index is 0.980. The highest BCUT2D eigenvalue weighted by molar-refractivity contribution is 7.99. The number of nitrogens with zero attached hydrogens (tertiary/aromatic N) is 1. The van der Waals surface area contributed by atoms with E-state index in [-0.39, 0.29) is 0 Å². The molecule has 84 valence electrons. The van der Waals surface area contributed by atoms with Crippen molar-refractivity contribution in [1.82, 2.24) is 9.97 Å². The third-order valence-corrected chi connectivity index (χ3v) is 3.83. The predicted octanol–water partition coefficient (Wildman–Crippen LogP) is 3.73. The second-order valence-electron chi connectivity index (χ2n) is 3.53. The van der Waals surface area contributed by atoms with Crippen molar-refractivity contribution in [3.05, 3.63) is 41.9 Å². The largest absolute Gasteiger partial charge is 0.347 e. The molecule has 2 rings (SSSR count). The first kappa shape index (κ1) is 11.6. The molecule has 0 radical (unpaired) electrons. The molecule has 0 atom stereocenters. The molecule has 0 aliphatic heterocycles. The number of aromatic nitrogens is 2. The Balaban J connectivity index is 2.13. The Morgan fingerprint density at radius 1 is 1.25 bits per heavy atom. The second kappa shape index (κ2) is 5.46. The Bertz CT molecular complexity index is 448. The van der Waals surface area contributed by atoms with E-state index < -0.39 is 0 Å². The molecule has 2 nitrogen and oxygen atoms in total. The zero-order valence-corrected chi connectivity index (χ0v) is 11.0. The number of nitrogens with one attached hydrogen (secondary N) is 1. The fourth-order valence-electron chi connectivity index (χ4n) is 1.36. The summed E-state index contributed by atoms with van der Waals surface area (Å²) in [6, 6.07) is 8.53. The van der Waals surface area contributed by atoms with Crippen molar-refractivity contribution in [2.45, 2.75) is 22.6 Å². The summed E-state index contributed by atoms with van der Waals surface area (Å²) in [4.78, 5) is 8.77. The van der Waals surface area contributed by atoms with Gasteiger partial charge in [-0.25, -0.2) is 4.98 Å². The number of hydrogen-bond acceptors (Lipinski definition) is 3. The minimum Gasteiger partial charge on any atom is -0.347 e. The predicted molar refractivity (Wildman–Crippen MR) is 71.1 cm³/mol. The van der Waals surface area contributed by atoms with Gasteiger partial charge in [0.15, 0.2) is 0 Å². The fraction of sp³-hybridized carbons (Fsp3) is 0.250. The Hall–Kier alpha value is -0.870. The van der Waals surface area contributed by atoms with Gasteiger partial charge in [0.2, 0.25) is 0 Å². The zero-order valence-electron chi connectivity index (χ0n) is 9.36. The van der Waals surface area contributed by atoms with Gasteiger partial charge in [0, 0.05) is 10.6 Å². The molecule has 1 aromatic carbocycles. The molecule has 1 N–H and O–H groups in total. The molecule has 1 heterocycles. The zero-order chi connectivity index (χ0) is 11.4. The van der Waals surface area contributed by atoms with Crippen LogP contribution in [-0.2, 0) is 5.75 Å². The standard InChI is InChI=1S/C12H14N2S2/c1-9-3-5-10(6-4-9)16-12-11(7-15-2)13-8-14-12/h3-6,8H,7H2,1-2H3,(H,13,14). The molecule has 0 bridgehead atoms. The van der Waals surface area contributed by atoms with Crippen LogP contribution in [0.2, 0.25) is 0 Å². The molecular formula is C12H14N2S2. The van der Waals surface area contributed by atoms with Crippen molar-refractivity contribution in [3.63, 3.8) is 0 Å². The van der Waals surface area contributed by atoms with Crippen molar-refractivity contribution in [3.8, 4) is 0 Å². The van der Waals surface area contributed by atoms with E-state index in [0.717, 1.165) is 10.8 Å². The van der Waals surface area contributed by atoms with Crippen LogP contribution in [0.15, 0.2) is 40.5 Å². The van der Waals surface area contributed by atoms with Gasteiger partial charge in [-0.15, -0.1) is 0 Å². The molecule has 4 heteroatoms. The fourth-order valence-corrected chi connectivity index (χ4v) is 2.82. The third kappa shape index (κ3) is 2.83. The number of thioether (sulfide) groups is 1. The molecule has 0 spiro atoms. The summed E-state index contributed by atoms with van der Waals surface area (Å²) in [7, 11) is 0. The average molecular weight is 250 g/mol. The first-order valence-electron chi connectivity index (χ1n) is 5.05. The van der Waals surface area contributed by atoms with E-state index in [1.807, 2.05) is 0 Å². The molecule has 16 heavy (non-hydrogen) atoms. The molecule has 0 fully saturated rings. The SMILES string of the molecule is CSCc1[nH]cnc1Sc1ccc(C)cc1. The highest BCUT2D eigenvalue weighted by atomic mass is 32.2. The van der Waals surface area contributed by atoms with Crippen LogP contribution in [0.3, 0.4) is 0 Å². The Morgan fingerprint density at radius 3 is 2.69 bits per heavy atom. The molecule has 0 amide bonds. The van der Waals surface area contributed by atoms with Crippen LogP contribution in [0.5, 0.6) is 0 Å². The van der Waals surface area contributed by atoms with Crippen molar-refractivity contribution >= 4 is 23.5 Å². The monoisotopic (exact) mass is 250 g/mol. The maximum atomic E-state index is 4.35. The van der Waals surface area contributed by atoms with Crippen molar-refractivity contribution in [1.29, 1.82) is 0 Å². The smallest absolute Gasteiger partial charge is 0.123 e. The van der Waals surface area contributed by atoms with E-state index in [2.05, 4.69) is 47.4 Å². The number of imidazole rings is 1. The number of aryl methyl sites for hydroxylation is 1. The van der Waals surface area contributed by atoms with Gasteiger partial charge >= 0.3 is 0 Å². The lowest BCUT2D eigenvalue weighted by atomic mass is 10.2. The van der Waals surface area contributed by atoms with Crippen LogP contribution in [0.25, 0.3) is 0 Å². The van der Waals surface area contributed by atoms with Crippen molar-refractivity contribution < 1.29 is 0 Å². The van der Waals surface area contributed by atoms with Gasteiger partial charge in [-0.2, -0.15) is 11.8 Å². The van der Waals surface area contributed by atoms with Gasteiger partial charge < -0.3 is 4.98 Å². The molecule has 2 aromatic rings. The normalized spacial score (nSPS) is 10.6. The third-order valence-electron chi connectivity index (χ3n) is 2.20. The van der Waals surface area contributed by atoms with Gasteiger partial charge in [0.25, 0.3) is 0 Å². The number of hydrogen-bond donors (Lipinski definition) is 1. The number of benzene rings is 1. The summed E-state index contributed by atoms with van der Waals surface area (Å²) < 4.78 is 0. The van der Waals surface area contributed by atoms with Gasteiger partial charge in [-0.3, -0.25) is 0 Å². The summed E-state index contributed by atoms with van der Waals surface area (Å²) >= 11 is 3.52. The first-order chi connectivity index (χ1) is 7.79. The Morgan fingerprint density at radius 2 is 2.00 bits per heavy atom. The van der Waals surface area contributed by atoms with Crippen LogP contribution in [0.4, 0.5) is 0 Å². The summed E-state index contributed by atoms with van der Waals surface area (Å²) in [5, 5.41) is 1.08. The quantitative estimate of drug-likeness (QED) is 0.896. The van der Waals surface area contributed by atoms with E-state index in [9.17, 15) is 0 Å². The number of H-pyrrole nitrogens is 1. The molecule has 0 aliphatic rings. The Labute approximate surface area is 104 Å². The summed E-state index contributed by atoms with van der Waals surface area (Å²) in [6.45, 7) is 2.10. The van der Waals surface area contributed by atoms with Crippen LogP contribution in [0.1, 0.15) is 11.3 Å². The molecular weight excluding hydrogens is 236 g/mol. The first-order valence-corrected chi connectivity index (χ1v) is 7.26. The van der Waals surface area contributed by atoms with Crippen molar-refractivity contribution in [2.24, 2.45) is 0 Å². The lowest BCUT2D eigenvalue weighted by Crippen LogP contribution is -1.83. The van der Waals surface area contributed by atoms with E-state index >= 15 is 0 Å². The van der Waals surface area contributed by atoms with E-state index in [0.29, 0.717) is 0 Å². The lowest BCUT2D eigenvalue weighted by molar-refractivity contribution is 1.13. The van der Waals surface area contributed by atoms with Gasteiger partial charge in [0.05, 0.1) is 12.0 Å². The number of aromatic amines is 1. The Kier molecular flexibility index (Phi) is 3.96. The van der Waals surface area contributed by atoms with Gasteiger partial charge in [0.1, 0.15) is 5.03 Å². The van der Waals surface area contributed by atoms with Crippen LogP contribution < -0.4 is 0 Å². The lowest BCUT2D eigenvalue weighted by Gasteiger charge is -2.01. The van der Waals surface area contributed by atoms with Crippen molar-refractivity contribution in [2.75, 3.05) is 6.26 Å². The van der Waals surface area contributed by atoms with Gasteiger partial charge in [-0.1, -0.05) is 29.5 Å². The van der Waals surface area contributed by atoms with Crippen LogP contribution in [0, 0.1) is 6.92 Å². The highest BCUT2D eigenvalue weighted by Crippen LogP contribution is 2.29. The average Bonchev–Trinajstić information content (AvgIpc) is 2.70. The molecule has 1 aromatic heterocycles. The van der Waals surface area contributed by atoms with Gasteiger partial charge in [-0.05, 0) is 25.3 Å². The molecule has 0 unspecified atom stereocenters.